The van der Waals surface area contributed by atoms with Crippen LogP contribution in [0.4, 0.5) is 10.1 Å². The molecule has 1 aliphatic carbocycles. The van der Waals surface area contributed by atoms with E-state index in [0.29, 0.717) is 11.0 Å². The average molecular weight is 218 g/mol. The second-order valence-corrected chi connectivity index (χ2v) is 4.82. The van der Waals surface area contributed by atoms with Gasteiger partial charge in [0.15, 0.2) is 0 Å². The predicted octanol–water partition coefficient (Wildman–Crippen LogP) is 3.30. The van der Waals surface area contributed by atoms with Gasteiger partial charge in [0.05, 0.1) is 11.3 Å². The van der Waals surface area contributed by atoms with Gasteiger partial charge in [-0.05, 0) is 36.5 Å². The maximum Gasteiger partial charge on any atom is 0.124 e. The molecule has 84 valence electrons. The molecule has 0 amide bonds. The lowest BCUT2D eigenvalue weighted by Crippen LogP contribution is -2.33. The highest BCUT2D eigenvalue weighted by Crippen LogP contribution is 2.40. The third-order valence-corrected chi connectivity index (χ3v) is 3.37. The Kier molecular flexibility index (Phi) is 2.82. The van der Waals surface area contributed by atoms with Crippen LogP contribution >= 0.6 is 0 Å². The number of nitrogens with zero attached hydrogens (tertiary/aromatic N) is 1. The molecular weight excluding hydrogens is 203 g/mol. The molecule has 0 bridgehead atoms. The average Bonchev–Trinajstić information content (AvgIpc) is 2.24. The molecule has 1 aromatic rings. The Labute approximate surface area is 95.1 Å². The van der Waals surface area contributed by atoms with Gasteiger partial charge in [-0.1, -0.05) is 13.3 Å². The second-order valence-electron chi connectivity index (χ2n) is 4.82. The standard InChI is InChI=1S/C13H15FN2/c1-13(5-2-6-13)9-16-12-4-3-11(14)7-10(12)8-15/h3-4,7,16H,2,5-6,9H2,1H3. The Bertz CT molecular complexity index is 430. The molecule has 0 radical (unpaired) electrons. The summed E-state index contributed by atoms with van der Waals surface area (Å²) in [6.07, 6.45) is 3.73. The van der Waals surface area contributed by atoms with Gasteiger partial charge < -0.3 is 5.32 Å². The molecule has 2 rings (SSSR count). The van der Waals surface area contributed by atoms with Crippen LogP contribution in [0.3, 0.4) is 0 Å². The maximum atomic E-state index is 12.9. The summed E-state index contributed by atoms with van der Waals surface area (Å²) >= 11 is 0. The van der Waals surface area contributed by atoms with Crippen LogP contribution in [0.15, 0.2) is 18.2 Å². The van der Waals surface area contributed by atoms with Crippen molar-refractivity contribution in [2.75, 3.05) is 11.9 Å². The molecule has 0 aromatic heterocycles. The van der Waals surface area contributed by atoms with E-state index in [4.69, 9.17) is 5.26 Å². The van der Waals surface area contributed by atoms with Crippen LogP contribution in [0.1, 0.15) is 31.7 Å². The summed E-state index contributed by atoms with van der Waals surface area (Å²) in [6, 6.07) is 6.29. The van der Waals surface area contributed by atoms with Crippen LogP contribution in [-0.4, -0.2) is 6.54 Å². The summed E-state index contributed by atoms with van der Waals surface area (Å²) in [5.74, 6) is -0.364. The minimum Gasteiger partial charge on any atom is -0.383 e. The first-order valence-electron chi connectivity index (χ1n) is 5.56. The molecule has 1 fully saturated rings. The van der Waals surface area contributed by atoms with Crippen LogP contribution < -0.4 is 5.32 Å². The minimum absolute atomic E-state index is 0.348. The lowest BCUT2D eigenvalue weighted by molar-refractivity contribution is 0.180. The fourth-order valence-corrected chi connectivity index (χ4v) is 2.03. The molecule has 3 heteroatoms. The van der Waals surface area contributed by atoms with E-state index in [-0.39, 0.29) is 5.82 Å². The normalized spacial score (nSPS) is 17.3. The molecule has 0 saturated heterocycles. The van der Waals surface area contributed by atoms with Gasteiger partial charge in [0.2, 0.25) is 0 Å². The zero-order valence-corrected chi connectivity index (χ0v) is 9.39. The topological polar surface area (TPSA) is 35.8 Å². The Morgan fingerprint density at radius 2 is 2.25 bits per heavy atom. The van der Waals surface area contributed by atoms with Gasteiger partial charge in [-0.3, -0.25) is 0 Å². The highest BCUT2D eigenvalue weighted by molar-refractivity contribution is 5.57. The number of hydrogen-bond donors (Lipinski definition) is 1. The van der Waals surface area contributed by atoms with Crippen LogP contribution in [0.5, 0.6) is 0 Å². The van der Waals surface area contributed by atoms with Gasteiger partial charge in [0.25, 0.3) is 0 Å². The van der Waals surface area contributed by atoms with E-state index in [1.165, 1.54) is 31.4 Å². The first kappa shape index (κ1) is 10.9. The fraction of sp³-hybridized carbons (Fsp3) is 0.462. The van der Waals surface area contributed by atoms with Crippen molar-refractivity contribution in [3.8, 4) is 6.07 Å². The lowest BCUT2D eigenvalue weighted by Gasteiger charge is -2.38. The van der Waals surface area contributed by atoms with E-state index in [1.54, 1.807) is 6.07 Å². The zero-order chi connectivity index (χ0) is 11.6. The molecular formula is C13H15FN2. The van der Waals surface area contributed by atoms with Crippen molar-refractivity contribution in [2.45, 2.75) is 26.2 Å². The SMILES string of the molecule is CC1(CNc2ccc(F)cc2C#N)CCC1. The number of nitriles is 1. The second kappa shape index (κ2) is 4.13. The molecule has 0 atom stereocenters. The summed E-state index contributed by atoms with van der Waals surface area (Å²) in [4.78, 5) is 0. The van der Waals surface area contributed by atoms with Gasteiger partial charge in [0.1, 0.15) is 11.9 Å². The highest BCUT2D eigenvalue weighted by atomic mass is 19.1. The molecule has 0 aliphatic heterocycles. The lowest BCUT2D eigenvalue weighted by atomic mass is 9.70. The number of halogens is 1. The quantitative estimate of drug-likeness (QED) is 0.844. The summed E-state index contributed by atoms with van der Waals surface area (Å²) in [7, 11) is 0. The van der Waals surface area contributed by atoms with E-state index in [0.717, 1.165) is 12.2 Å². The Balaban J connectivity index is 2.07. The van der Waals surface area contributed by atoms with E-state index < -0.39 is 0 Å². The smallest absolute Gasteiger partial charge is 0.124 e. The Morgan fingerprint density at radius 1 is 1.50 bits per heavy atom. The van der Waals surface area contributed by atoms with Crippen LogP contribution in [-0.2, 0) is 0 Å². The first-order valence-corrected chi connectivity index (χ1v) is 5.56. The van der Waals surface area contributed by atoms with Crippen molar-refractivity contribution in [2.24, 2.45) is 5.41 Å². The number of anilines is 1. The fourth-order valence-electron chi connectivity index (χ4n) is 2.03. The van der Waals surface area contributed by atoms with Crippen molar-refractivity contribution in [3.63, 3.8) is 0 Å². The monoisotopic (exact) mass is 218 g/mol. The van der Waals surface area contributed by atoms with Gasteiger partial charge in [-0.15, -0.1) is 0 Å². The first-order chi connectivity index (χ1) is 7.63. The molecule has 1 aliphatic rings. The summed E-state index contributed by atoms with van der Waals surface area (Å²) in [5, 5.41) is 12.1. The molecule has 1 N–H and O–H groups in total. The molecule has 1 saturated carbocycles. The van der Waals surface area contributed by atoms with E-state index >= 15 is 0 Å². The molecule has 2 nitrogen and oxygen atoms in total. The van der Waals surface area contributed by atoms with Gasteiger partial charge in [-0.25, -0.2) is 4.39 Å². The van der Waals surface area contributed by atoms with Gasteiger partial charge in [0, 0.05) is 6.54 Å². The van der Waals surface area contributed by atoms with E-state index in [1.807, 2.05) is 6.07 Å². The molecule has 16 heavy (non-hydrogen) atoms. The molecule has 1 aromatic carbocycles. The third-order valence-electron chi connectivity index (χ3n) is 3.37. The van der Waals surface area contributed by atoms with Crippen LogP contribution in [0.2, 0.25) is 0 Å². The Morgan fingerprint density at radius 3 is 2.81 bits per heavy atom. The van der Waals surface area contributed by atoms with Gasteiger partial charge in [-0.2, -0.15) is 5.26 Å². The van der Waals surface area contributed by atoms with Crippen molar-refractivity contribution in [1.29, 1.82) is 5.26 Å². The van der Waals surface area contributed by atoms with Crippen LogP contribution in [0.25, 0.3) is 0 Å². The van der Waals surface area contributed by atoms with Crippen molar-refractivity contribution in [3.05, 3.63) is 29.6 Å². The summed E-state index contributed by atoms with van der Waals surface area (Å²) in [5.41, 5.74) is 1.46. The number of hydrogen-bond acceptors (Lipinski definition) is 2. The number of rotatable bonds is 3. The van der Waals surface area contributed by atoms with Crippen molar-refractivity contribution >= 4 is 5.69 Å². The molecule has 0 heterocycles. The van der Waals surface area contributed by atoms with Gasteiger partial charge >= 0.3 is 0 Å². The largest absolute Gasteiger partial charge is 0.383 e. The minimum atomic E-state index is -0.364. The Hall–Kier alpha value is -1.56. The molecule has 0 unspecified atom stereocenters. The third kappa shape index (κ3) is 2.16. The number of benzene rings is 1. The summed E-state index contributed by atoms with van der Waals surface area (Å²) in [6.45, 7) is 3.09. The van der Waals surface area contributed by atoms with E-state index in [9.17, 15) is 4.39 Å². The maximum absolute atomic E-state index is 12.9. The van der Waals surface area contributed by atoms with Crippen molar-refractivity contribution in [1.82, 2.24) is 0 Å². The zero-order valence-electron chi connectivity index (χ0n) is 9.39. The van der Waals surface area contributed by atoms with E-state index in [2.05, 4.69) is 12.2 Å². The van der Waals surface area contributed by atoms with Crippen LogP contribution in [0, 0.1) is 22.6 Å². The highest BCUT2D eigenvalue weighted by Gasteiger charge is 2.31. The number of nitrogens with one attached hydrogen (secondary N) is 1. The predicted molar refractivity (Wildman–Crippen MR) is 61.6 cm³/mol. The summed E-state index contributed by atoms with van der Waals surface area (Å²) < 4.78 is 12.9. The van der Waals surface area contributed by atoms with Crippen molar-refractivity contribution < 1.29 is 4.39 Å². The molecule has 0 spiro atoms.